The van der Waals surface area contributed by atoms with Crippen LogP contribution in [0.4, 0.5) is 5.82 Å². The lowest BCUT2D eigenvalue weighted by atomic mass is 9.73. The van der Waals surface area contributed by atoms with Gasteiger partial charge in [-0.2, -0.15) is 0 Å². The summed E-state index contributed by atoms with van der Waals surface area (Å²) in [4.78, 5) is 26.1. The first-order valence-corrected chi connectivity index (χ1v) is 10.7. The Bertz CT molecular complexity index is 839. The zero-order chi connectivity index (χ0) is 21.0. The summed E-state index contributed by atoms with van der Waals surface area (Å²) < 4.78 is 0. The first-order chi connectivity index (χ1) is 14.5. The highest BCUT2D eigenvalue weighted by atomic mass is 16.3. The predicted molar refractivity (Wildman–Crippen MR) is 116 cm³/mol. The van der Waals surface area contributed by atoms with Crippen LogP contribution in [0.5, 0.6) is 0 Å². The highest BCUT2D eigenvalue weighted by Gasteiger charge is 2.43. The van der Waals surface area contributed by atoms with Crippen LogP contribution in [0.3, 0.4) is 0 Å². The molecule has 2 aliphatic heterocycles. The van der Waals surface area contributed by atoms with Crippen molar-refractivity contribution in [2.75, 3.05) is 44.7 Å². The van der Waals surface area contributed by atoms with E-state index in [1.807, 2.05) is 23.1 Å². The number of amides is 1. The maximum Gasteiger partial charge on any atom is 0.226 e. The molecule has 1 aromatic carbocycles. The summed E-state index contributed by atoms with van der Waals surface area (Å²) in [5, 5.41) is 14.2. The van der Waals surface area contributed by atoms with Gasteiger partial charge >= 0.3 is 0 Å². The van der Waals surface area contributed by atoms with E-state index in [0.717, 1.165) is 38.2 Å². The number of likely N-dealkylation sites (tertiary alicyclic amines) is 1. The van der Waals surface area contributed by atoms with E-state index in [9.17, 15) is 9.90 Å². The van der Waals surface area contributed by atoms with Gasteiger partial charge < -0.3 is 20.2 Å². The van der Waals surface area contributed by atoms with Gasteiger partial charge in [0.2, 0.25) is 5.91 Å². The van der Waals surface area contributed by atoms with E-state index in [-0.39, 0.29) is 12.5 Å². The summed E-state index contributed by atoms with van der Waals surface area (Å²) in [6.45, 7) is 3.22. The zero-order valence-corrected chi connectivity index (χ0v) is 17.6. The number of aliphatic hydroxyl groups is 1. The lowest BCUT2D eigenvalue weighted by molar-refractivity contribution is -0.134. The van der Waals surface area contributed by atoms with Crippen molar-refractivity contribution < 1.29 is 9.90 Å². The molecular formula is C23H31N5O2. The minimum Gasteiger partial charge on any atom is -0.386 e. The van der Waals surface area contributed by atoms with Crippen molar-refractivity contribution in [1.29, 1.82) is 0 Å². The van der Waals surface area contributed by atoms with Gasteiger partial charge in [-0.05, 0) is 51.4 Å². The van der Waals surface area contributed by atoms with E-state index in [0.29, 0.717) is 19.5 Å². The van der Waals surface area contributed by atoms with E-state index < -0.39 is 11.0 Å². The molecule has 30 heavy (non-hydrogen) atoms. The molecule has 160 valence electrons. The van der Waals surface area contributed by atoms with E-state index in [1.165, 1.54) is 5.56 Å². The van der Waals surface area contributed by atoms with Crippen LogP contribution in [-0.4, -0.2) is 71.3 Å². The minimum absolute atomic E-state index is 0.0610. The molecule has 0 bridgehead atoms. The molecule has 4 rings (SSSR count). The molecule has 7 heteroatoms. The Kier molecular flexibility index (Phi) is 6.01. The van der Waals surface area contributed by atoms with Crippen molar-refractivity contribution in [3.63, 3.8) is 0 Å². The average Bonchev–Trinajstić information content (AvgIpc) is 3.18. The highest BCUT2D eigenvalue weighted by Crippen LogP contribution is 2.35. The van der Waals surface area contributed by atoms with Crippen LogP contribution in [0.1, 0.15) is 24.8 Å². The molecule has 2 N–H and O–H groups in total. The van der Waals surface area contributed by atoms with Crippen LogP contribution < -0.4 is 10.2 Å². The number of aromatic nitrogens is 2. The zero-order valence-electron chi connectivity index (χ0n) is 17.6. The number of β-amino-alcohol motifs (C(OH)–C–C–N with tert-alkyl or cyclic N) is 1. The van der Waals surface area contributed by atoms with E-state index in [2.05, 4.69) is 39.4 Å². The van der Waals surface area contributed by atoms with Gasteiger partial charge in [0.15, 0.2) is 0 Å². The highest BCUT2D eigenvalue weighted by molar-refractivity contribution is 5.83. The Morgan fingerprint density at radius 2 is 1.90 bits per heavy atom. The summed E-state index contributed by atoms with van der Waals surface area (Å²) in [6.07, 6.45) is 7.98. The van der Waals surface area contributed by atoms with Crippen LogP contribution in [0.2, 0.25) is 0 Å². The maximum atomic E-state index is 13.4. The Balaban J connectivity index is 1.41. The third-order valence-electron chi connectivity index (χ3n) is 6.59. The molecular weight excluding hydrogens is 378 g/mol. The monoisotopic (exact) mass is 409 g/mol. The Hall–Kier alpha value is -2.51. The molecule has 2 aromatic rings. The summed E-state index contributed by atoms with van der Waals surface area (Å²) in [5.74, 6) is 0.821. The average molecular weight is 410 g/mol. The van der Waals surface area contributed by atoms with Gasteiger partial charge in [0.25, 0.3) is 0 Å². The van der Waals surface area contributed by atoms with Crippen molar-refractivity contribution in [3.05, 3.63) is 54.5 Å². The molecule has 2 saturated heterocycles. The lowest BCUT2D eigenvalue weighted by Gasteiger charge is -2.40. The molecule has 7 nitrogen and oxygen atoms in total. The Labute approximate surface area is 178 Å². The largest absolute Gasteiger partial charge is 0.386 e. The van der Waals surface area contributed by atoms with Gasteiger partial charge in [0.05, 0.1) is 11.6 Å². The molecule has 0 spiro atoms. The number of piperidine rings is 1. The van der Waals surface area contributed by atoms with Crippen molar-refractivity contribution >= 4 is 11.7 Å². The fraction of sp³-hybridized carbons (Fsp3) is 0.522. The number of nitrogens with zero attached hydrogens (tertiary/aromatic N) is 4. The normalized spacial score (nSPS) is 24.0. The first kappa shape index (κ1) is 20.8. The second-order valence-corrected chi connectivity index (χ2v) is 8.89. The van der Waals surface area contributed by atoms with Gasteiger partial charge in [-0.1, -0.05) is 30.3 Å². The maximum absolute atomic E-state index is 13.4. The molecule has 1 amide bonds. The third-order valence-corrected chi connectivity index (χ3v) is 6.59. The summed E-state index contributed by atoms with van der Waals surface area (Å²) >= 11 is 0. The topological polar surface area (TPSA) is 81.6 Å². The molecule has 0 unspecified atom stereocenters. The summed E-state index contributed by atoms with van der Waals surface area (Å²) in [5.41, 5.74) is -0.189. The Morgan fingerprint density at radius 3 is 2.60 bits per heavy atom. The van der Waals surface area contributed by atoms with Gasteiger partial charge in [0, 0.05) is 32.0 Å². The van der Waals surface area contributed by atoms with Crippen LogP contribution in [0, 0.1) is 5.41 Å². The number of hydrogen-bond acceptors (Lipinski definition) is 6. The number of carbonyl (C=O) groups excluding carboxylic acids is 1. The minimum atomic E-state index is -0.952. The SMILES string of the molecule is CN1CCC(Cc2ccccc2)(C(=O)NC[C@]2(O)CCN(c3cnccn3)C2)CC1. The lowest BCUT2D eigenvalue weighted by Crippen LogP contribution is -2.53. The van der Waals surface area contributed by atoms with Crippen LogP contribution in [0.25, 0.3) is 0 Å². The third kappa shape index (κ3) is 4.63. The number of carbonyl (C=O) groups is 1. The molecule has 1 atom stereocenters. The quantitative estimate of drug-likeness (QED) is 0.752. The van der Waals surface area contributed by atoms with Crippen LogP contribution in [0.15, 0.2) is 48.9 Å². The molecule has 0 saturated carbocycles. The number of hydrogen-bond donors (Lipinski definition) is 2. The van der Waals surface area contributed by atoms with Crippen LogP contribution >= 0.6 is 0 Å². The van der Waals surface area contributed by atoms with Gasteiger partial charge in [0.1, 0.15) is 11.4 Å². The predicted octanol–water partition coefficient (Wildman–Crippen LogP) is 1.49. The van der Waals surface area contributed by atoms with Crippen LogP contribution in [-0.2, 0) is 11.2 Å². The first-order valence-electron chi connectivity index (χ1n) is 10.7. The number of benzene rings is 1. The second kappa shape index (κ2) is 8.70. The molecule has 1 aromatic heterocycles. The van der Waals surface area contributed by atoms with Crippen molar-refractivity contribution in [1.82, 2.24) is 20.2 Å². The van der Waals surface area contributed by atoms with Gasteiger partial charge in [-0.3, -0.25) is 9.78 Å². The van der Waals surface area contributed by atoms with Crippen molar-refractivity contribution in [2.24, 2.45) is 5.41 Å². The molecule has 0 radical (unpaired) electrons. The fourth-order valence-corrected chi connectivity index (χ4v) is 4.60. The summed E-state index contributed by atoms with van der Waals surface area (Å²) in [6, 6.07) is 10.2. The van der Waals surface area contributed by atoms with Crippen molar-refractivity contribution in [2.45, 2.75) is 31.3 Å². The van der Waals surface area contributed by atoms with E-state index >= 15 is 0 Å². The van der Waals surface area contributed by atoms with E-state index in [1.54, 1.807) is 18.6 Å². The number of rotatable bonds is 6. The van der Waals surface area contributed by atoms with Crippen molar-refractivity contribution in [3.8, 4) is 0 Å². The number of anilines is 1. The summed E-state index contributed by atoms with van der Waals surface area (Å²) in [7, 11) is 2.10. The molecule has 2 fully saturated rings. The molecule has 2 aliphatic rings. The standard InChI is InChI=1S/C23H31N5O2/c1-27-12-7-22(8-13-27,15-19-5-3-2-4-6-19)21(29)26-17-23(30)9-14-28(18-23)20-16-24-10-11-25-20/h2-6,10-11,16,30H,7-9,12-15,17-18H2,1H3,(H,26,29)/t23-/m1/s1. The number of nitrogens with one attached hydrogen (secondary N) is 1. The van der Waals surface area contributed by atoms with E-state index in [4.69, 9.17) is 0 Å². The second-order valence-electron chi connectivity index (χ2n) is 8.89. The van der Waals surface area contributed by atoms with Gasteiger partial charge in [-0.15, -0.1) is 0 Å². The molecule has 3 heterocycles. The molecule has 0 aliphatic carbocycles. The Morgan fingerprint density at radius 1 is 1.13 bits per heavy atom. The fourth-order valence-electron chi connectivity index (χ4n) is 4.60. The van der Waals surface area contributed by atoms with Gasteiger partial charge in [-0.25, -0.2) is 4.98 Å². The smallest absolute Gasteiger partial charge is 0.226 e.